The van der Waals surface area contributed by atoms with Gasteiger partial charge in [0.15, 0.2) is 5.11 Å². The van der Waals surface area contributed by atoms with Crippen molar-refractivity contribution in [2.24, 2.45) is 5.41 Å². The van der Waals surface area contributed by atoms with Gasteiger partial charge in [-0.1, -0.05) is 33.1 Å². The molecule has 15 heavy (non-hydrogen) atoms. The fourth-order valence-electron chi connectivity index (χ4n) is 2.18. The Morgan fingerprint density at radius 2 is 1.87 bits per heavy atom. The fraction of sp³-hybridized carbons (Fsp3) is 0.917. The van der Waals surface area contributed by atoms with Gasteiger partial charge in [-0.2, -0.15) is 0 Å². The topological polar surface area (TPSA) is 24.1 Å². The number of nitrogens with one attached hydrogen (secondary N) is 2. The zero-order chi connectivity index (χ0) is 11.1. The summed E-state index contributed by atoms with van der Waals surface area (Å²) in [5.74, 6) is 0. The second-order valence-corrected chi connectivity index (χ2v) is 5.39. The molecule has 0 amide bonds. The van der Waals surface area contributed by atoms with Gasteiger partial charge in [-0.25, -0.2) is 0 Å². The molecule has 0 aromatic rings. The molecule has 1 rings (SSSR count). The Balaban J connectivity index is 2.19. The predicted octanol–water partition coefficient (Wildman–Crippen LogP) is 2.83. The van der Waals surface area contributed by atoms with Crippen molar-refractivity contribution in [1.29, 1.82) is 0 Å². The molecule has 0 aromatic carbocycles. The summed E-state index contributed by atoms with van der Waals surface area (Å²) in [5.41, 5.74) is 0.468. The van der Waals surface area contributed by atoms with Crippen LogP contribution in [0.2, 0.25) is 0 Å². The summed E-state index contributed by atoms with van der Waals surface area (Å²) in [5, 5.41) is 7.38. The number of rotatable bonds is 4. The van der Waals surface area contributed by atoms with Crippen LogP contribution in [0.25, 0.3) is 0 Å². The van der Waals surface area contributed by atoms with Crippen molar-refractivity contribution in [3.63, 3.8) is 0 Å². The Morgan fingerprint density at radius 3 is 2.47 bits per heavy atom. The molecule has 1 aliphatic rings. The molecule has 2 N–H and O–H groups in total. The average Bonchev–Trinajstić information content (AvgIpc) is 2.25. The van der Waals surface area contributed by atoms with Gasteiger partial charge in [0.2, 0.25) is 0 Å². The third-order valence-electron chi connectivity index (χ3n) is 3.27. The van der Waals surface area contributed by atoms with Gasteiger partial charge in [-0.05, 0) is 36.9 Å². The number of hydrogen-bond donors (Lipinski definition) is 2. The first kappa shape index (κ1) is 12.8. The van der Waals surface area contributed by atoms with Crippen molar-refractivity contribution in [3.05, 3.63) is 0 Å². The maximum atomic E-state index is 5.22. The third kappa shape index (κ3) is 4.83. The van der Waals surface area contributed by atoms with Crippen molar-refractivity contribution in [1.82, 2.24) is 10.6 Å². The Labute approximate surface area is 99.2 Å². The summed E-state index contributed by atoms with van der Waals surface area (Å²) in [6.07, 6.45) is 7.99. The highest BCUT2D eigenvalue weighted by Gasteiger charge is 2.26. The molecular formula is C12H24N2S. The molecule has 88 valence electrons. The summed E-state index contributed by atoms with van der Waals surface area (Å²) in [4.78, 5) is 0. The lowest BCUT2D eigenvalue weighted by Gasteiger charge is -2.34. The van der Waals surface area contributed by atoms with Crippen molar-refractivity contribution < 1.29 is 0 Å². The highest BCUT2D eigenvalue weighted by Crippen LogP contribution is 2.34. The molecule has 0 unspecified atom stereocenters. The lowest BCUT2D eigenvalue weighted by molar-refractivity contribution is 0.218. The first-order chi connectivity index (χ1) is 7.16. The van der Waals surface area contributed by atoms with Gasteiger partial charge in [0, 0.05) is 13.1 Å². The largest absolute Gasteiger partial charge is 0.363 e. The van der Waals surface area contributed by atoms with Crippen LogP contribution in [0, 0.1) is 5.41 Å². The molecule has 0 aromatic heterocycles. The van der Waals surface area contributed by atoms with Gasteiger partial charge >= 0.3 is 0 Å². The second-order valence-electron chi connectivity index (χ2n) is 4.98. The quantitative estimate of drug-likeness (QED) is 0.724. The average molecular weight is 228 g/mol. The molecule has 0 atom stereocenters. The van der Waals surface area contributed by atoms with E-state index in [9.17, 15) is 0 Å². The van der Waals surface area contributed by atoms with Crippen molar-refractivity contribution in [3.8, 4) is 0 Å². The van der Waals surface area contributed by atoms with Crippen LogP contribution in [0.5, 0.6) is 0 Å². The number of hydrogen-bond acceptors (Lipinski definition) is 1. The lowest BCUT2D eigenvalue weighted by atomic mass is 9.76. The van der Waals surface area contributed by atoms with E-state index in [-0.39, 0.29) is 0 Å². The van der Waals surface area contributed by atoms with E-state index in [1.165, 1.54) is 32.1 Å². The zero-order valence-corrected chi connectivity index (χ0v) is 10.9. The molecule has 0 spiro atoms. The van der Waals surface area contributed by atoms with Crippen LogP contribution in [-0.4, -0.2) is 18.2 Å². The Bertz CT molecular complexity index is 198. The molecule has 1 fully saturated rings. The molecule has 1 saturated carbocycles. The van der Waals surface area contributed by atoms with Gasteiger partial charge in [-0.3, -0.25) is 0 Å². The van der Waals surface area contributed by atoms with Crippen LogP contribution in [0.1, 0.15) is 52.4 Å². The fourth-order valence-corrected chi connectivity index (χ4v) is 2.35. The van der Waals surface area contributed by atoms with Gasteiger partial charge in [0.1, 0.15) is 0 Å². The van der Waals surface area contributed by atoms with Crippen molar-refractivity contribution in [2.45, 2.75) is 52.4 Å². The molecule has 0 saturated heterocycles. The smallest absolute Gasteiger partial charge is 0.166 e. The Kier molecular flexibility index (Phi) is 5.37. The minimum atomic E-state index is 0.468. The summed E-state index contributed by atoms with van der Waals surface area (Å²) in [6.45, 7) is 6.53. The first-order valence-electron chi connectivity index (χ1n) is 6.18. The molecule has 0 heterocycles. The lowest BCUT2D eigenvalue weighted by Crippen LogP contribution is -2.42. The maximum absolute atomic E-state index is 5.22. The summed E-state index contributed by atoms with van der Waals surface area (Å²) in [7, 11) is 0. The molecule has 3 heteroatoms. The molecule has 1 aliphatic carbocycles. The van der Waals surface area contributed by atoms with Crippen molar-refractivity contribution >= 4 is 17.3 Å². The van der Waals surface area contributed by atoms with Crippen molar-refractivity contribution in [2.75, 3.05) is 13.1 Å². The molecular weight excluding hydrogens is 204 g/mol. The molecule has 0 bridgehead atoms. The van der Waals surface area contributed by atoms with E-state index in [1.54, 1.807) is 0 Å². The standard InChI is InChI=1S/C12H24N2S/c1-3-9-13-11(15)14-10-12(2)7-5-4-6-8-12/h3-10H2,1-2H3,(H2,13,14,15). The van der Waals surface area contributed by atoms with Gasteiger partial charge in [0.05, 0.1) is 0 Å². The first-order valence-corrected chi connectivity index (χ1v) is 6.59. The second kappa shape index (κ2) is 6.31. The minimum Gasteiger partial charge on any atom is -0.363 e. The molecule has 0 aliphatic heterocycles. The third-order valence-corrected chi connectivity index (χ3v) is 3.56. The van der Waals surface area contributed by atoms with Crippen LogP contribution in [-0.2, 0) is 0 Å². The summed E-state index contributed by atoms with van der Waals surface area (Å²) >= 11 is 5.22. The number of thiocarbonyl (C=S) groups is 1. The summed E-state index contributed by atoms with van der Waals surface area (Å²) in [6, 6.07) is 0. The maximum Gasteiger partial charge on any atom is 0.166 e. The van der Waals surface area contributed by atoms with Crippen LogP contribution in [0.4, 0.5) is 0 Å². The normalized spacial score (nSPS) is 19.6. The van der Waals surface area contributed by atoms with Gasteiger partial charge in [-0.15, -0.1) is 0 Å². The Morgan fingerprint density at radius 1 is 1.20 bits per heavy atom. The van der Waals surface area contributed by atoms with Gasteiger partial charge in [0.25, 0.3) is 0 Å². The van der Waals surface area contributed by atoms with Crippen LogP contribution in [0.15, 0.2) is 0 Å². The van der Waals surface area contributed by atoms with E-state index in [1.807, 2.05) is 0 Å². The zero-order valence-electron chi connectivity index (χ0n) is 10.1. The van der Waals surface area contributed by atoms with E-state index in [0.717, 1.165) is 24.6 Å². The van der Waals surface area contributed by atoms with Crippen LogP contribution in [0.3, 0.4) is 0 Å². The highest BCUT2D eigenvalue weighted by atomic mass is 32.1. The highest BCUT2D eigenvalue weighted by molar-refractivity contribution is 7.80. The van der Waals surface area contributed by atoms with E-state index >= 15 is 0 Å². The van der Waals surface area contributed by atoms with E-state index in [2.05, 4.69) is 24.5 Å². The molecule has 0 radical (unpaired) electrons. The SMILES string of the molecule is CCCNC(=S)NCC1(C)CCCCC1. The van der Waals surface area contributed by atoms with E-state index in [0.29, 0.717) is 5.41 Å². The minimum absolute atomic E-state index is 0.468. The van der Waals surface area contributed by atoms with Crippen LogP contribution >= 0.6 is 12.2 Å². The summed E-state index contributed by atoms with van der Waals surface area (Å²) < 4.78 is 0. The van der Waals surface area contributed by atoms with Crippen LogP contribution < -0.4 is 10.6 Å². The van der Waals surface area contributed by atoms with E-state index < -0.39 is 0 Å². The van der Waals surface area contributed by atoms with E-state index in [4.69, 9.17) is 12.2 Å². The molecule has 2 nitrogen and oxygen atoms in total. The monoisotopic (exact) mass is 228 g/mol. The van der Waals surface area contributed by atoms with Gasteiger partial charge < -0.3 is 10.6 Å². The Hall–Kier alpha value is -0.310. The predicted molar refractivity (Wildman–Crippen MR) is 70.1 cm³/mol.